The molecule has 0 aliphatic heterocycles. The van der Waals surface area contributed by atoms with Crippen LogP contribution in [0.3, 0.4) is 0 Å². The zero-order valence-electron chi connectivity index (χ0n) is 14.5. The molecular formula is C17H22N4O3S2. The topological polar surface area (TPSA) is 104 Å². The van der Waals surface area contributed by atoms with E-state index in [0.717, 1.165) is 41.6 Å². The number of anilines is 1. The van der Waals surface area contributed by atoms with E-state index in [0.29, 0.717) is 18.8 Å². The van der Waals surface area contributed by atoms with Gasteiger partial charge in [-0.3, -0.25) is 19.5 Å². The lowest BCUT2D eigenvalue weighted by Crippen LogP contribution is -2.26. The molecule has 0 saturated heterocycles. The molecule has 3 N–H and O–H groups in total. The van der Waals surface area contributed by atoms with Crippen molar-refractivity contribution in [2.75, 3.05) is 17.6 Å². The molecule has 26 heavy (non-hydrogen) atoms. The van der Waals surface area contributed by atoms with Crippen molar-refractivity contribution in [3.8, 4) is 10.6 Å². The molecule has 2 heterocycles. The van der Waals surface area contributed by atoms with E-state index in [2.05, 4.69) is 20.8 Å². The number of thiophene rings is 1. The van der Waals surface area contributed by atoms with Gasteiger partial charge in [0.25, 0.3) is 0 Å². The molecule has 0 atom stereocenters. The molecule has 0 radical (unpaired) electrons. The Balaban J connectivity index is 1.55. The second kappa shape index (κ2) is 10.8. The Hall–Kier alpha value is -2.13. The molecule has 0 aliphatic carbocycles. The Morgan fingerprint density at radius 2 is 2.08 bits per heavy atom. The second-order valence-electron chi connectivity index (χ2n) is 5.63. The number of hydrogen-bond acceptors (Lipinski definition) is 6. The van der Waals surface area contributed by atoms with Gasteiger partial charge < -0.3 is 10.6 Å². The van der Waals surface area contributed by atoms with E-state index in [-0.39, 0.29) is 22.7 Å². The number of unbranched alkanes of at least 4 members (excludes halogenated alkanes) is 2. The van der Waals surface area contributed by atoms with Crippen molar-refractivity contribution in [1.82, 2.24) is 15.5 Å². The lowest BCUT2D eigenvalue weighted by molar-refractivity contribution is -0.119. The highest BCUT2D eigenvalue weighted by atomic mass is 32.2. The predicted molar refractivity (Wildman–Crippen MR) is 105 cm³/mol. The summed E-state index contributed by atoms with van der Waals surface area (Å²) in [5.74, 6) is 0.556. The van der Waals surface area contributed by atoms with E-state index in [1.807, 2.05) is 23.6 Å². The average Bonchev–Trinajstić information content (AvgIpc) is 3.27. The fraction of sp³-hybridized carbons (Fsp3) is 0.412. The second-order valence-corrected chi connectivity index (χ2v) is 7.73. The van der Waals surface area contributed by atoms with Crippen molar-refractivity contribution in [3.05, 3.63) is 23.6 Å². The summed E-state index contributed by atoms with van der Waals surface area (Å²) in [4.78, 5) is 35.2. The van der Waals surface area contributed by atoms with Gasteiger partial charge in [0.2, 0.25) is 11.8 Å². The molecule has 9 heteroatoms. The van der Waals surface area contributed by atoms with Gasteiger partial charge in [-0.1, -0.05) is 24.2 Å². The van der Waals surface area contributed by atoms with Crippen LogP contribution in [0.4, 0.5) is 5.82 Å². The van der Waals surface area contributed by atoms with Crippen LogP contribution in [0.2, 0.25) is 0 Å². The van der Waals surface area contributed by atoms with Gasteiger partial charge >= 0.3 is 0 Å². The smallest absolute Gasteiger partial charge is 0.230 e. The summed E-state index contributed by atoms with van der Waals surface area (Å²) in [6, 6.07) is 5.75. The van der Waals surface area contributed by atoms with Gasteiger partial charge in [0, 0.05) is 26.0 Å². The number of rotatable bonds is 10. The summed E-state index contributed by atoms with van der Waals surface area (Å²) in [6.45, 7) is 2.00. The monoisotopic (exact) mass is 394 g/mol. The molecule has 140 valence electrons. The Bertz CT molecular complexity index is 728. The van der Waals surface area contributed by atoms with Crippen LogP contribution in [0.15, 0.2) is 23.6 Å². The van der Waals surface area contributed by atoms with Crippen molar-refractivity contribution < 1.29 is 14.4 Å². The molecule has 0 aliphatic rings. The molecule has 2 amide bonds. The number of nitrogens with zero attached hydrogens (tertiary/aromatic N) is 1. The van der Waals surface area contributed by atoms with Gasteiger partial charge in [-0.15, -0.1) is 11.3 Å². The molecule has 0 saturated carbocycles. The molecule has 2 rings (SSSR count). The van der Waals surface area contributed by atoms with Crippen molar-refractivity contribution in [2.24, 2.45) is 0 Å². The van der Waals surface area contributed by atoms with E-state index >= 15 is 0 Å². The first-order chi connectivity index (χ1) is 12.5. The van der Waals surface area contributed by atoms with Gasteiger partial charge in [-0.25, -0.2) is 0 Å². The van der Waals surface area contributed by atoms with Crippen molar-refractivity contribution in [2.45, 2.75) is 32.6 Å². The average molecular weight is 395 g/mol. The minimum Gasteiger partial charge on any atom is -0.355 e. The first kappa shape index (κ1) is 20.2. The van der Waals surface area contributed by atoms with Crippen LogP contribution in [-0.4, -0.2) is 39.4 Å². The number of carbonyl (C=O) groups is 3. The minimum absolute atomic E-state index is 0.0618. The standard InChI is InChI=1S/C17H22N4O3S2/c1-12(22)26-11-17(24)18-8-4-2-3-7-16(23)19-15-10-13(20-21-15)14-6-5-9-25-14/h5-6,9-10H,2-4,7-8,11H2,1H3,(H,18,24)(H2,19,20,21,23). The normalized spacial score (nSPS) is 10.5. The molecule has 0 spiro atoms. The number of aromatic amines is 1. The van der Waals surface area contributed by atoms with E-state index in [9.17, 15) is 14.4 Å². The molecule has 2 aromatic rings. The van der Waals surface area contributed by atoms with Crippen LogP contribution in [0, 0.1) is 0 Å². The van der Waals surface area contributed by atoms with E-state index < -0.39 is 0 Å². The third-order valence-electron chi connectivity index (χ3n) is 3.43. The largest absolute Gasteiger partial charge is 0.355 e. The van der Waals surface area contributed by atoms with Gasteiger partial charge in [0.15, 0.2) is 5.12 Å². The third kappa shape index (κ3) is 7.40. The SMILES string of the molecule is CC(=O)SCC(=O)NCCCCCC(=O)Nc1cc(-c2cccs2)n[nH]1. The Morgan fingerprint density at radius 3 is 2.81 bits per heavy atom. The number of amides is 2. The number of thioether (sulfide) groups is 1. The maximum atomic E-state index is 11.9. The van der Waals surface area contributed by atoms with E-state index in [1.165, 1.54) is 6.92 Å². The van der Waals surface area contributed by atoms with Crippen LogP contribution in [0.1, 0.15) is 32.6 Å². The van der Waals surface area contributed by atoms with Gasteiger partial charge in [0.05, 0.1) is 10.6 Å². The lowest BCUT2D eigenvalue weighted by atomic mass is 10.2. The molecule has 0 bridgehead atoms. The van der Waals surface area contributed by atoms with Crippen molar-refractivity contribution >= 4 is 45.8 Å². The van der Waals surface area contributed by atoms with Crippen molar-refractivity contribution in [1.29, 1.82) is 0 Å². The van der Waals surface area contributed by atoms with Crippen molar-refractivity contribution in [3.63, 3.8) is 0 Å². The van der Waals surface area contributed by atoms with Crippen LogP contribution in [0.25, 0.3) is 10.6 Å². The quantitative estimate of drug-likeness (QED) is 0.537. The van der Waals surface area contributed by atoms with Crippen LogP contribution < -0.4 is 10.6 Å². The first-order valence-electron chi connectivity index (χ1n) is 8.34. The maximum Gasteiger partial charge on any atom is 0.230 e. The number of hydrogen-bond donors (Lipinski definition) is 3. The molecular weight excluding hydrogens is 372 g/mol. The minimum atomic E-state index is -0.135. The van der Waals surface area contributed by atoms with Gasteiger partial charge in [0.1, 0.15) is 11.5 Å². The Morgan fingerprint density at radius 1 is 1.23 bits per heavy atom. The maximum absolute atomic E-state index is 11.9. The number of carbonyl (C=O) groups excluding carboxylic acids is 3. The van der Waals surface area contributed by atoms with Gasteiger partial charge in [-0.05, 0) is 24.3 Å². The summed E-state index contributed by atoms with van der Waals surface area (Å²) in [6.07, 6.45) is 2.81. The molecule has 7 nitrogen and oxygen atoms in total. The number of aromatic nitrogens is 2. The summed E-state index contributed by atoms with van der Waals surface area (Å²) >= 11 is 2.59. The predicted octanol–water partition coefficient (Wildman–Crippen LogP) is 3.03. The first-order valence-corrected chi connectivity index (χ1v) is 10.2. The van der Waals surface area contributed by atoms with E-state index in [4.69, 9.17) is 0 Å². The number of nitrogens with one attached hydrogen (secondary N) is 3. The van der Waals surface area contributed by atoms with Crippen LogP contribution >= 0.6 is 23.1 Å². The highest BCUT2D eigenvalue weighted by Crippen LogP contribution is 2.24. The highest BCUT2D eigenvalue weighted by molar-refractivity contribution is 8.14. The molecule has 2 aromatic heterocycles. The third-order valence-corrected chi connectivity index (χ3v) is 5.14. The summed E-state index contributed by atoms with van der Waals surface area (Å²) in [7, 11) is 0. The molecule has 0 fully saturated rings. The Kier molecular flexibility index (Phi) is 8.36. The molecule has 0 unspecified atom stereocenters. The zero-order valence-corrected chi connectivity index (χ0v) is 16.2. The van der Waals surface area contributed by atoms with Crippen LogP contribution in [0.5, 0.6) is 0 Å². The Labute approximate surface area is 160 Å². The summed E-state index contributed by atoms with van der Waals surface area (Å²) in [5, 5.41) is 14.5. The summed E-state index contributed by atoms with van der Waals surface area (Å²) in [5.41, 5.74) is 0.814. The molecule has 0 aromatic carbocycles. The highest BCUT2D eigenvalue weighted by Gasteiger charge is 2.08. The number of H-pyrrole nitrogens is 1. The van der Waals surface area contributed by atoms with E-state index in [1.54, 1.807) is 11.3 Å². The summed E-state index contributed by atoms with van der Waals surface area (Å²) < 4.78 is 0. The van der Waals surface area contributed by atoms with Gasteiger partial charge in [-0.2, -0.15) is 5.10 Å². The lowest BCUT2D eigenvalue weighted by Gasteiger charge is -2.05. The zero-order chi connectivity index (χ0) is 18.8. The fourth-order valence-corrected chi connectivity index (χ4v) is 3.30. The van der Waals surface area contributed by atoms with Crippen LogP contribution in [-0.2, 0) is 14.4 Å². The fourth-order valence-electron chi connectivity index (χ4n) is 2.18.